The Hall–Kier alpha value is -1.39. The molecule has 2 rings (SSSR count). The Morgan fingerprint density at radius 2 is 1.89 bits per heavy atom. The Balaban J connectivity index is 2.28. The molecule has 0 aromatic heterocycles. The first-order valence-electron chi connectivity index (χ1n) is 6.05. The fourth-order valence-corrected chi connectivity index (χ4v) is 2.47. The molecule has 100 valence electrons. The van der Waals surface area contributed by atoms with Crippen molar-refractivity contribution in [2.24, 2.45) is 5.73 Å². The minimum Gasteiger partial charge on any atom is -0.494 e. The summed E-state index contributed by atoms with van der Waals surface area (Å²) in [4.78, 5) is 0. The molecule has 0 spiro atoms. The van der Waals surface area contributed by atoms with E-state index in [0.29, 0.717) is 6.61 Å². The largest absolute Gasteiger partial charge is 0.494 e. The van der Waals surface area contributed by atoms with Crippen LogP contribution in [0.1, 0.15) is 24.1 Å². The SMILES string of the molecule is CCOc1ccc(C(N)c2ccc(F)cc2)c(Br)c1. The predicted molar refractivity (Wildman–Crippen MR) is 77.7 cm³/mol. The summed E-state index contributed by atoms with van der Waals surface area (Å²) >= 11 is 3.50. The number of hydrogen-bond donors (Lipinski definition) is 1. The van der Waals surface area contributed by atoms with Crippen LogP contribution >= 0.6 is 15.9 Å². The van der Waals surface area contributed by atoms with Crippen LogP contribution < -0.4 is 10.5 Å². The zero-order chi connectivity index (χ0) is 13.8. The van der Waals surface area contributed by atoms with Gasteiger partial charge in [0.25, 0.3) is 0 Å². The van der Waals surface area contributed by atoms with Crippen LogP contribution in [-0.2, 0) is 0 Å². The lowest BCUT2D eigenvalue weighted by molar-refractivity contribution is 0.340. The van der Waals surface area contributed by atoms with Crippen molar-refractivity contribution >= 4 is 15.9 Å². The van der Waals surface area contributed by atoms with E-state index < -0.39 is 0 Å². The van der Waals surface area contributed by atoms with E-state index >= 15 is 0 Å². The highest BCUT2D eigenvalue weighted by Crippen LogP contribution is 2.30. The van der Waals surface area contributed by atoms with E-state index in [1.165, 1.54) is 12.1 Å². The van der Waals surface area contributed by atoms with E-state index in [2.05, 4.69) is 15.9 Å². The van der Waals surface area contributed by atoms with Gasteiger partial charge in [-0.25, -0.2) is 4.39 Å². The Morgan fingerprint density at radius 3 is 2.47 bits per heavy atom. The summed E-state index contributed by atoms with van der Waals surface area (Å²) in [6.45, 7) is 2.56. The summed E-state index contributed by atoms with van der Waals surface area (Å²) in [5, 5.41) is 0. The smallest absolute Gasteiger partial charge is 0.123 e. The van der Waals surface area contributed by atoms with E-state index in [4.69, 9.17) is 10.5 Å². The van der Waals surface area contributed by atoms with Gasteiger partial charge in [0, 0.05) is 4.47 Å². The third-order valence-electron chi connectivity index (χ3n) is 2.85. The van der Waals surface area contributed by atoms with Crippen LogP contribution in [0.4, 0.5) is 4.39 Å². The fourth-order valence-electron chi connectivity index (χ4n) is 1.87. The van der Waals surface area contributed by atoms with Crippen LogP contribution in [0.5, 0.6) is 5.75 Å². The van der Waals surface area contributed by atoms with Crippen molar-refractivity contribution in [1.29, 1.82) is 0 Å². The molecule has 1 unspecified atom stereocenters. The van der Waals surface area contributed by atoms with Gasteiger partial charge >= 0.3 is 0 Å². The molecule has 0 bridgehead atoms. The molecule has 2 N–H and O–H groups in total. The number of rotatable bonds is 4. The Morgan fingerprint density at radius 1 is 1.21 bits per heavy atom. The molecule has 0 aliphatic rings. The minimum atomic E-state index is -0.300. The van der Waals surface area contributed by atoms with Crippen LogP contribution in [-0.4, -0.2) is 6.61 Å². The number of halogens is 2. The summed E-state index contributed by atoms with van der Waals surface area (Å²) < 4.78 is 19.2. The van der Waals surface area contributed by atoms with Gasteiger partial charge in [0.15, 0.2) is 0 Å². The van der Waals surface area contributed by atoms with Crippen molar-refractivity contribution in [3.05, 3.63) is 63.9 Å². The average Bonchev–Trinajstić information content (AvgIpc) is 2.39. The molecule has 2 nitrogen and oxygen atoms in total. The Kier molecular flexibility index (Phi) is 4.56. The van der Waals surface area contributed by atoms with Gasteiger partial charge in [0.05, 0.1) is 12.6 Å². The van der Waals surface area contributed by atoms with Crippen LogP contribution in [0.3, 0.4) is 0 Å². The third kappa shape index (κ3) is 3.33. The van der Waals surface area contributed by atoms with Crippen molar-refractivity contribution in [2.75, 3.05) is 6.61 Å². The molecule has 2 aromatic rings. The van der Waals surface area contributed by atoms with Crippen molar-refractivity contribution in [2.45, 2.75) is 13.0 Å². The quantitative estimate of drug-likeness (QED) is 0.921. The van der Waals surface area contributed by atoms with Gasteiger partial charge in [0.2, 0.25) is 0 Å². The van der Waals surface area contributed by atoms with Gasteiger partial charge in [-0.05, 0) is 42.3 Å². The van der Waals surface area contributed by atoms with Gasteiger partial charge in [-0.1, -0.05) is 34.1 Å². The van der Waals surface area contributed by atoms with Crippen LogP contribution in [0.25, 0.3) is 0 Å². The second-order valence-corrected chi connectivity index (χ2v) is 5.00. The summed E-state index contributed by atoms with van der Waals surface area (Å²) in [5.41, 5.74) is 8.00. The molecule has 2 aromatic carbocycles. The molecule has 0 heterocycles. The van der Waals surface area contributed by atoms with Gasteiger partial charge in [-0.2, -0.15) is 0 Å². The minimum absolute atomic E-state index is 0.262. The second-order valence-electron chi connectivity index (χ2n) is 4.15. The molecular formula is C15H15BrFNO. The average molecular weight is 324 g/mol. The maximum atomic E-state index is 12.9. The van der Waals surface area contributed by atoms with Crippen LogP contribution in [0.15, 0.2) is 46.9 Å². The normalized spacial score (nSPS) is 12.2. The van der Waals surface area contributed by atoms with Crippen molar-refractivity contribution in [3.63, 3.8) is 0 Å². The van der Waals surface area contributed by atoms with E-state index in [1.807, 2.05) is 25.1 Å². The first-order chi connectivity index (χ1) is 9.11. The monoisotopic (exact) mass is 323 g/mol. The van der Waals surface area contributed by atoms with E-state index in [0.717, 1.165) is 21.3 Å². The summed E-state index contributed by atoms with van der Waals surface area (Å²) in [6.07, 6.45) is 0. The molecular weight excluding hydrogens is 309 g/mol. The molecule has 0 radical (unpaired) electrons. The van der Waals surface area contributed by atoms with E-state index in [9.17, 15) is 4.39 Å². The highest BCUT2D eigenvalue weighted by atomic mass is 79.9. The Labute approximate surface area is 120 Å². The molecule has 0 saturated heterocycles. The summed E-state index contributed by atoms with van der Waals surface area (Å²) in [6, 6.07) is 11.6. The first kappa shape index (κ1) is 14.0. The number of ether oxygens (including phenoxy) is 1. The van der Waals surface area contributed by atoms with Gasteiger partial charge < -0.3 is 10.5 Å². The standard InChI is InChI=1S/C15H15BrFNO/c1-2-19-12-7-8-13(14(16)9-12)15(18)10-3-5-11(17)6-4-10/h3-9,15H,2,18H2,1H3. The van der Waals surface area contributed by atoms with Crippen molar-refractivity contribution < 1.29 is 9.13 Å². The highest BCUT2D eigenvalue weighted by Gasteiger charge is 2.13. The van der Waals surface area contributed by atoms with Crippen LogP contribution in [0.2, 0.25) is 0 Å². The number of nitrogens with two attached hydrogens (primary N) is 1. The second kappa shape index (κ2) is 6.17. The third-order valence-corrected chi connectivity index (χ3v) is 3.53. The fraction of sp³-hybridized carbons (Fsp3) is 0.200. The maximum absolute atomic E-state index is 12.9. The van der Waals surface area contributed by atoms with Crippen molar-refractivity contribution in [3.8, 4) is 5.75 Å². The van der Waals surface area contributed by atoms with Crippen LogP contribution in [0, 0.1) is 5.82 Å². The lowest BCUT2D eigenvalue weighted by Crippen LogP contribution is -2.12. The van der Waals surface area contributed by atoms with Gasteiger partial charge in [0.1, 0.15) is 11.6 Å². The molecule has 4 heteroatoms. The number of benzene rings is 2. The van der Waals surface area contributed by atoms with Gasteiger partial charge in [-0.15, -0.1) is 0 Å². The molecule has 0 aliphatic heterocycles. The molecule has 0 amide bonds. The molecule has 0 fully saturated rings. The molecule has 0 saturated carbocycles. The number of hydrogen-bond acceptors (Lipinski definition) is 2. The zero-order valence-electron chi connectivity index (χ0n) is 10.6. The van der Waals surface area contributed by atoms with E-state index in [1.54, 1.807) is 12.1 Å². The maximum Gasteiger partial charge on any atom is 0.123 e. The highest BCUT2D eigenvalue weighted by molar-refractivity contribution is 9.10. The lowest BCUT2D eigenvalue weighted by atomic mass is 9.99. The zero-order valence-corrected chi connectivity index (χ0v) is 12.2. The molecule has 0 aliphatic carbocycles. The topological polar surface area (TPSA) is 35.2 Å². The Bertz CT molecular complexity index is 557. The summed E-state index contributed by atoms with van der Waals surface area (Å²) in [7, 11) is 0. The first-order valence-corrected chi connectivity index (χ1v) is 6.84. The van der Waals surface area contributed by atoms with Crippen molar-refractivity contribution in [1.82, 2.24) is 0 Å². The predicted octanol–water partition coefficient (Wildman–Crippen LogP) is 4.04. The van der Waals surface area contributed by atoms with E-state index in [-0.39, 0.29) is 11.9 Å². The molecule has 19 heavy (non-hydrogen) atoms. The molecule has 1 atom stereocenters. The lowest BCUT2D eigenvalue weighted by Gasteiger charge is -2.15. The van der Waals surface area contributed by atoms with Gasteiger partial charge in [-0.3, -0.25) is 0 Å². The summed E-state index contributed by atoms with van der Waals surface area (Å²) in [5.74, 6) is 0.533.